The lowest BCUT2D eigenvalue weighted by molar-refractivity contribution is -0.136. The van der Waals surface area contributed by atoms with Crippen LogP contribution in [0.1, 0.15) is 15.3 Å². The van der Waals surface area contributed by atoms with Crippen molar-refractivity contribution in [2.75, 3.05) is 7.05 Å². The molecule has 1 N–H and O–H groups in total. The van der Waals surface area contributed by atoms with Crippen LogP contribution in [0.2, 0.25) is 0 Å². The quantitative estimate of drug-likeness (QED) is 0.873. The summed E-state index contributed by atoms with van der Waals surface area (Å²) in [6.07, 6.45) is -0.159. The maximum Gasteiger partial charge on any atom is 0.308 e. The number of aliphatic carboxylic acids is 1. The van der Waals surface area contributed by atoms with Crippen molar-refractivity contribution >= 4 is 38.7 Å². The van der Waals surface area contributed by atoms with Crippen LogP contribution in [0.5, 0.6) is 0 Å². The Kier molecular flexibility index (Phi) is 4.82. The van der Waals surface area contributed by atoms with Gasteiger partial charge < -0.3 is 5.11 Å². The summed E-state index contributed by atoms with van der Waals surface area (Å²) in [5, 5.41) is 10.7. The molecule has 0 fully saturated rings. The number of carbonyl (C=O) groups is 1. The summed E-state index contributed by atoms with van der Waals surface area (Å²) in [6, 6.07) is 4.97. The molecule has 0 aliphatic rings. The summed E-state index contributed by atoms with van der Waals surface area (Å²) in [7, 11) is -2.05. The van der Waals surface area contributed by atoms with E-state index >= 15 is 0 Å². The molecule has 114 valence electrons. The number of hydrogen-bond donors (Lipinski definition) is 1. The van der Waals surface area contributed by atoms with E-state index in [1.54, 1.807) is 6.07 Å². The first kappa shape index (κ1) is 16.2. The van der Waals surface area contributed by atoms with Crippen molar-refractivity contribution in [2.45, 2.75) is 24.1 Å². The number of hydrogen-bond acceptors (Lipinski definition) is 5. The molecule has 2 rings (SSSR count). The lowest BCUT2D eigenvalue weighted by Gasteiger charge is -2.15. The topological polar surface area (TPSA) is 74.7 Å². The Morgan fingerprint density at radius 1 is 1.33 bits per heavy atom. The van der Waals surface area contributed by atoms with E-state index in [9.17, 15) is 13.2 Å². The lowest BCUT2D eigenvalue weighted by Crippen LogP contribution is -2.25. The second-order valence-electron chi connectivity index (χ2n) is 4.58. The first-order valence-electron chi connectivity index (χ1n) is 6.10. The fraction of sp³-hybridized carbons (Fsp3) is 0.308. The Balaban J connectivity index is 2.19. The van der Waals surface area contributed by atoms with Crippen LogP contribution in [0.3, 0.4) is 0 Å². The zero-order valence-corrected chi connectivity index (χ0v) is 14.0. The smallest absolute Gasteiger partial charge is 0.308 e. The SMILES string of the molecule is Cc1ccsc1CN(C)S(=O)(=O)c1ccc(CC(=O)O)s1. The third kappa shape index (κ3) is 3.70. The monoisotopic (exact) mass is 345 g/mol. The van der Waals surface area contributed by atoms with Crippen molar-refractivity contribution in [2.24, 2.45) is 0 Å². The van der Waals surface area contributed by atoms with Gasteiger partial charge in [-0.2, -0.15) is 4.31 Å². The van der Waals surface area contributed by atoms with Crippen molar-refractivity contribution in [3.63, 3.8) is 0 Å². The molecule has 0 bridgehead atoms. The fourth-order valence-corrected chi connectivity index (χ4v) is 5.48. The molecule has 2 heterocycles. The highest BCUT2D eigenvalue weighted by atomic mass is 32.2. The molecule has 21 heavy (non-hydrogen) atoms. The fourth-order valence-electron chi connectivity index (χ4n) is 1.75. The third-order valence-electron chi connectivity index (χ3n) is 2.96. The molecule has 0 saturated carbocycles. The normalized spacial score (nSPS) is 12.0. The first-order chi connectivity index (χ1) is 9.80. The minimum Gasteiger partial charge on any atom is -0.481 e. The Morgan fingerprint density at radius 3 is 2.62 bits per heavy atom. The zero-order valence-electron chi connectivity index (χ0n) is 11.6. The molecule has 0 unspecified atom stereocenters. The maximum atomic E-state index is 12.5. The molecule has 0 radical (unpaired) electrons. The molecular formula is C13H15NO4S3. The van der Waals surface area contributed by atoms with Crippen LogP contribution in [0.15, 0.2) is 27.8 Å². The summed E-state index contributed by atoms with van der Waals surface area (Å²) in [5.74, 6) is -0.969. The van der Waals surface area contributed by atoms with Gasteiger partial charge in [-0.1, -0.05) is 0 Å². The highest BCUT2D eigenvalue weighted by Crippen LogP contribution is 2.27. The largest absolute Gasteiger partial charge is 0.481 e. The number of sulfonamides is 1. The average molecular weight is 345 g/mol. The van der Waals surface area contributed by atoms with Gasteiger partial charge in [-0.3, -0.25) is 4.79 Å². The summed E-state index contributed by atoms with van der Waals surface area (Å²) < 4.78 is 26.4. The van der Waals surface area contributed by atoms with Crippen LogP contribution in [-0.4, -0.2) is 30.8 Å². The van der Waals surface area contributed by atoms with Gasteiger partial charge in [0.25, 0.3) is 10.0 Å². The van der Waals surface area contributed by atoms with Crippen LogP contribution in [0, 0.1) is 6.92 Å². The van der Waals surface area contributed by atoms with E-state index in [0.717, 1.165) is 21.8 Å². The van der Waals surface area contributed by atoms with Crippen molar-refractivity contribution < 1.29 is 18.3 Å². The summed E-state index contributed by atoms with van der Waals surface area (Å²) >= 11 is 2.53. The van der Waals surface area contributed by atoms with Gasteiger partial charge in [0, 0.05) is 23.3 Å². The van der Waals surface area contributed by atoms with E-state index in [2.05, 4.69) is 0 Å². The van der Waals surface area contributed by atoms with Crippen LogP contribution >= 0.6 is 22.7 Å². The van der Waals surface area contributed by atoms with Crippen LogP contribution in [0.4, 0.5) is 0 Å². The number of nitrogens with zero attached hydrogens (tertiary/aromatic N) is 1. The van der Waals surface area contributed by atoms with E-state index in [0.29, 0.717) is 11.4 Å². The zero-order chi connectivity index (χ0) is 15.6. The first-order valence-corrected chi connectivity index (χ1v) is 9.24. The van der Waals surface area contributed by atoms with E-state index in [1.807, 2.05) is 18.4 Å². The average Bonchev–Trinajstić information content (AvgIpc) is 2.99. The molecule has 0 aliphatic heterocycles. The molecule has 8 heteroatoms. The van der Waals surface area contributed by atoms with Gasteiger partial charge in [-0.05, 0) is 36.1 Å². The Hall–Kier alpha value is -1.22. The van der Waals surface area contributed by atoms with Gasteiger partial charge >= 0.3 is 5.97 Å². The Morgan fingerprint density at radius 2 is 2.05 bits per heavy atom. The molecule has 0 spiro atoms. The van der Waals surface area contributed by atoms with Crippen LogP contribution in [-0.2, 0) is 27.8 Å². The van der Waals surface area contributed by atoms with Gasteiger partial charge in [0.1, 0.15) is 4.21 Å². The standard InChI is InChI=1S/C13H15NO4S3/c1-9-5-6-19-11(9)8-14(2)21(17,18)13-4-3-10(20-13)7-12(15)16/h3-6H,7-8H2,1-2H3,(H,15,16). The highest BCUT2D eigenvalue weighted by Gasteiger charge is 2.24. The van der Waals surface area contributed by atoms with Gasteiger partial charge in [0.05, 0.1) is 6.42 Å². The number of thiophene rings is 2. The highest BCUT2D eigenvalue weighted by molar-refractivity contribution is 7.91. The van der Waals surface area contributed by atoms with Crippen molar-refractivity contribution in [1.29, 1.82) is 0 Å². The van der Waals surface area contributed by atoms with Crippen molar-refractivity contribution in [3.8, 4) is 0 Å². The second-order valence-corrected chi connectivity index (χ2v) is 9.02. The Bertz CT molecular complexity index is 745. The van der Waals surface area contributed by atoms with E-state index in [1.165, 1.54) is 28.8 Å². The van der Waals surface area contributed by atoms with E-state index in [4.69, 9.17) is 5.11 Å². The Labute approximate surface area is 131 Å². The van der Waals surface area contributed by atoms with Gasteiger partial charge in [0.2, 0.25) is 0 Å². The third-order valence-corrected chi connectivity index (χ3v) is 7.33. The number of carboxylic acids is 1. The molecule has 0 amide bonds. The van der Waals surface area contributed by atoms with E-state index in [-0.39, 0.29) is 10.6 Å². The number of carboxylic acid groups (broad SMARTS) is 1. The minimum atomic E-state index is -3.58. The molecule has 5 nitrogen and oxygen atoms in total. The number of aryl methyl sites for hydroxylation is 1. The van der Waals surface area contributed by atoms with Crippen LogP contribution < -0.4 is 0 Å². The molecule has 0 aromatic carbocycles. The number of rotatable bonds is 6. The summed E-state index contributed by atoms with van der Waals surface area (Å²) in [6.45, 7) is 2.26. The second kappa shape index (κ2) is 6.27. The summed E-state index contributed by atoms with van der Waals surface area (Å²) in [4.78, 5) is 12.2. The molecule has 0 atom stereocenters. The van der Waals surface area contributed by atoms with Gasteiger partial charge in [0.15, 0.2) is 0 Å². The molecule has 0 saturated heterocycles. The van der Waals surface area contributed by atoms with E-state index < -0.39 is 16.0 Å². The van der Waals surface area contributed by atoms with Gasteiger partial charge in [-0.25, -0.2) is 8.42 Å². The van der Waals surface area contributed by atoms with Crippen LogP contribution in [0.25, 0.3) is 0 Å². The predicted molar refractivity (Wildman–Crippen MR) is 83.4 cm³/mol. The molecule has 2 aromatic heterocycles. The van der Waals surface area contributed by atoms with Crippen molar-refractivity contribution in [1.82, 2.24) is 4.31 Å². The molecule has 2 aromatic rings. The predicted octanol–water partition coefficient (Wildman–Crippen LogP) is 2.57. The minimum absolute atomic E-state index is 0.159. The summed E-state index contributed by atoms with van der Waals surface area (Å²) in [5.41, 5.74) is 1.07. The van der Waals surface area contributed by atoms with Crippen molar-refractivity contribution in [3.05, 3.63) is 38.9 Å². The lowest BCUT2D eigenvalue weighted by atomic mass is 10.3. The maximum absolute atomic E-state index is 12.5. The van der Waals surface area contributed by atoms with Gasteiger partial charge in [-0.15, -0.1) is 22.7 Å². The molecular weight excluding hydrogens is 330 g/mol. The molecule has 0 aliphatic carbocycles.